The quantitative estimate of drug-likeness (QED) is 0.422. The number of hydrogen-bond acceptors (Lipinski definition) is 5. The highest BCUT2D eigenvalue weighted by Gasteiger charge is 2.50. The maximum atomic E-state index is 6.13. The van der Waals surface area contributed by atoms with E-state index in [1.54, 1.807) is 12.4 Å². The normalized spacial score (nSPS) is 26.3. The van der Waals surface area contributed by atoms with E-state index in [9.17, 15) is 0 Å². The number of aromatic nitrogens is 2. The largest absolute Gasteiger partial charge is 0.380 e. The summed E-state index contributed by atoms with van der Waals surface area (Å²) < 4.78 is 1.02. The van der Waals surface area contributed by atoms with Crippen molar-refractivity contribution >= 4 is 33.8 Å². The van der Waals surface area contributed by atoms with Gasteiger partial charge in [-0.1, -0.05) is 48.8 Å². The van der Waals surface area contributed by atoms with Crippen LogP contribution in [0.1, 0.15) is 51.3 Å². The highest BCUT2D eigenvalue weighted by atomic mass is 79.9. The summed E-state index contributed by atoms with van der Waals surface area (Å²) in [7, 11) is 0. The number of halogens is 1. The summed E-state index contributed by atoms with van der Waals surface area (Å²) in [4.78, 5) is 11.5. The molecule has 2 heterocycles. The zero-order chi connectivity index (χ0) is 20.6. The Morgan fingerprint density at radius 3 is 2.72 bits per heavy atom. The van der Waals surface area contributed by atoms with Crippen LogP contribution in [0.15, 0.2) is 51.3 Å². The number of amidine groups is 1. The fourth-order valence-electron chi connectivity index (χ4n) is 5.10. The summed E-state index contributed by atoms with van der Waals surface area (Å²) in [5.74, 6) is 1.14. The first-order valence-electron chi connectivity index (χ1n) is 9.94. The molecule has 1 aliphatic carbocycles. The van der Waals surface area contributed by atoms with Crippen molar-refractivity contribution in [3.63, 3.8) is 0 Å². The molecule has 1 aromatic carbocycles. The third-order valence-electron chi connectivity index (χ3n) is 5.84. The molecule has 2 atom stereocenters. The molecule has 7 heteroatoms. The molecule has 6 nitrogen and oxygen atoms in total. The zero-order valence-corrected chi connectivity index (χ0v) is 18.7. The van der Waals surface area contributed by atoms with Gasteiger partial charge in [0, 0.05) is 17.1 Å². The van der Waals surface area contributed by atoms with Crippen LogP contribution < -0.4 is 10.6 Å². The van der Waals surface area contributed by atoms with Crippen LogP contribution in [0.25, 0.3) is 0 Å². The minimum atomic E-state index is 0.265. The van der Waals surface area contributed by atoms with Gasteiger partial charge in [0.25, 0.3) is 0 Å². The van der Waals surface area contributed by atoms with Crippen LogP contribution in [-0.4, -0.2) is 34.6 Å². The van der Waals surface area contributed by atoms with Gasteiger partial charge in [-0.3, -0.25) is 4.98 Å². The van der Waals surface area contributed by atoms with Crippen molar-refractivity contribution in [2.45, 2.75) is 46.1 Å². The van der Waals surface area contributed by atoms with E-state index in [1.165, 1.54) is 19.3 Å². The first kappa shape index (κ1) is 20.0. The minimum Gasteiger partial charge on any atom is -0.380 e. The van der Waals surface area contributed by atoms with Crippen molar-refractivity contribution in [1.29, 1.82) is 0 Å². The average Bonchev–Trinajstić information content (AvgIpc) is 2.92. The number of nitrogens with zero attached hydrogens (tertiary/aromatic N) is 5. The lowest BCUT2D eigenvalue weighted by Gasteiger charge is -2.39. The van der Waals surface area contributed by atoms with E-state index in [1.807, 2.05) is 30.5 Å². The fraction of sp³-hybridized carbons (Fsp3) is 0.455. The van der Waals surface area contributed by atoms with E-state index in [0.717, 1.165) is 22.4 Å². The Morgan fingerprint density at radius 2 is 1.97 bits per heavy atom. The second-order valence-electron chi connectivity index (χ2n) is 9.39. The van der Waals surface area contributed by atoms with Gasteiger partial charge in [-0.05, 0) is 47.8 Å². The van der Waals surface area contributed by atoms with E-state index in [4.69, 9.17) is 10.7 Å². The first-order valence-corrected chi connectivity index (χ1v) is 10.7. The molecule has 2 aromatic rings. The molecule has 2 aliphatic rings. The van der Waals surface area contributed by atoms with Crippen LogP contribution in [0.3, 0.4) is 0 Å². The molecule has 4 rings (SSSR count). The van der Waals surface area contributed by atoms with Crippen LogP contribution in [0.2, 0.25) is 0 Å². The molecule has 2 bridgehead atoms. The highest BCUT2D eigenvalue weighted by molar-refractivity contribution is 9.10. The maximum Gasteiger partial charge on any atom is 0.173 e. The summed E-state index contributed by atoms with van der Waals surface area (Å²) in [6.07, 6.45) is 8.78. The van der Waals surface area contributed by atoms with Gasteiger partial charge in [-0.2, -0.15) is 5.10 Å². The number of nitrogens with two attached hydrogens (primary N) is 1. The summed E-state index contributed by atoms with van der Waals surface area (Å²) in [6.45, 7) is 8.15. The van der Waals surface area contributed by atoms with Crippen LogP contribution >= 0.6 is 15.9 Å². The second-order valence-corrected chi connectivity index (χ2v) is 10.3. The molecule has 152 valence electrons. The Labute approximate surface area is 180 Å². The third kappa shape index (κ3) is 4.50. The molecule has 0 spiro atoms. The number of fused-ring (bicyclic) bond motifs is 2. The maximum absolute atomic E-state index is 6.13. The monoisotopic (exact) mass is 454 g/mol. The number of anilines is 1. The summed E-state index contributed by atoms with van der Waals surface area (Å²) >= 11 is 3.42. The first-order chi connectivity index (χ1) is 13.7. The molecule has 2 N–H and O–H groups in total. The highest BCUT2D eigenvalue weighted by Crippen LogP contribution is 2.53. The van der Waals surface area contributed by atoms with E-state index in [0.29, 0.717) is 22.6 Å². The van der Waals surface area contributed by atoms with Gasteiger partial charge in [0.15, 0.2) is 5.84 Å². The number of hydrogen-bond donors (Lipinski definition) is 1. The Bertz CT molecular complexity index is 952. The Balaban J connectivity index is 1.52. The minimum absolute atomic E-state index is 0.265. The van der Waals surface area contributed by atoms with Gasteiger partial charge < -0.3 is 10.6 Å². The molecule has 2 fully saturated rings. The van der Waals surface area contributed by atoms with Crippen molar-refractivity contribution < 1.29 is 0 Å². The molecule has 0 amide bonds. The Hall–Kier alpha value is -2.28. The zero-order valence-electron chi connectivity index (χ0n) is 17.1. The van der Waals surface area contributed by atoms with Gasteiger partial charge in [0.1, 0.15) is 11.5 Å². The SMILES string of the molecule is CC1(C)C[C@H]2C[C@](C)(CN2c2cncc(/C(N)=N\N=C\c3ccc(Br)cc3)n2)C1. The molecule has 1 saturated heterocycles. The number of rotatable bonds is 4. The standard InChI is InChI=1S/C22H27BrN6/c1-21(2)8-17-9-22(3,13-21)14-29(17)19-12-25-11-18(27-19)20(24)28-26-10-15-4-6-16(23)7-5-15/h4-7,10-12,17H,8-9,13-14H2,1-3H3,(H2,24,28)/b26-10+/t17-,22-/m0/s1. The van der Waals surface area contributed by atoms with Crippen LogP contribution in [0.5, 0.6) is 0 Å². The van der Waals surface area contributed by atoms with Crippen molar-refractivity contribution in [3.05, 3.63) is 52.4 Å². The van der Waals surface area contributed by atoms with Crippen molar-refractivity contribution in [3.8, 4) is 0 Å². The third-order valence-corrected chi connectivity index (χ3v) is 6.36. The second kappa shape index (κ2) is 7.52. The lowest BCUT2D eigenvalue weighted by Crippen LogP contribution is -2.35. The van der Waals surface area contributed by atoms with Gasteiger partial charge >= 0.3 is 0 Å². The average molecular weight is 455 g/mol. The van der Waals surface area contributed by atoms with E-state index < -0.39 is 0 Å². The molecular weight excluding hydrogens is 428 g/mol. The summed E-state index contributed by atoms with van der Waals surface area (Å²) in [6, 6.07) is 8.32. The predicted octanol–water partition coefficient (Wildman–Crippen LogP) is 4.38. The molecular formula is C22H27BrN6. The summed E-state index contributed by atoms with van der Waals surface area (Å²) in [5, 5.41) is 8.21. The van der Waals surface area contributed by atoms with E-state index in [2.05, 4.69) is 56.8 Å². The van der Waals surface area contributed by atoms with Crippen LogP contribution in [0.4, 0.5) is 5.82 Å². The Kier molecular flexibility index (Phi) is 5.19. The summed E-state index contributed by atoms with van der Waals surface area (Å²) in [5.41, 5.74) is 8.33. The molecule has 0 radical (unpaired) electrons. The van der Waals surface area contributed by atoms with E-state index >= 15 is 0 Å². The predicted molar refractivity (Wildman–Crippen MR) is 121 cm³/mol. The van der Waals surface area contributed by atoms with Gasteiger partial charge in [0.05, 0.1) is 18.6 Å². The van der Waals surface area contributed by atoms with Gasteiger partial charge in [-0.25, -0.2) is 4.98 Å². The molecule has 29 heavy (non-hydrogen) atoms. The molecule has 0 unspecified atom stereocenters. The smallest absolute Gasteiger partial charge is 0.173 e. The Morgan fingerprint density at radius 1 is 1.21 bits per heavy atom. The van der Waals surface area contributed by atoms with E-state index in [-0.39, 0.29) is 5.84 Å². The van der Waals surface area contributed by atoms with Gasteiger partial charge in [-0.15, -0.1) is 5.10 Å². The fourth-order valence-corrected chi connectivity index (χ4v) is 5.37. The lowest BCUT2D eigenvalue weighted by atomic mass is 9.65. The van der Waals surface area contributed by atoms with Crippen molar-refractivity contribution in [1.82, 2.24) is 9.97 Å². The number of benzene rings is 1. The lowest BCUT2D eigenvalue weighted by molar-refractivity contribution is 0.136. The topological polar surface area (TPSA) is 79.8 Å². The van der Waals surface area contributed by atoms with Crippen molar-refractivity contribution in [2.75, 3.05) is 11.4 Å². The molecule has 1 saturated carbocycles. The van der Waals surface area contributed by atoms with Crippen LogP contribution in [-0.2, 0) is 0 Å². The van der Waals surface area contributed by atoms with Crippen molar-refractivity contribution in [2.24, 2.45) is 26.8 Å². The van der Waals surface area contributed by atoms with Crippen LogP contribution in [0, 0.1) is 10.8 Å². The molecule has 1 aromatic heterocycles. The van der Waals surface area contributed by atoms with Gasteiger partial charge in [0.2, 0.25) is 0 Å². The molecule has 1 aliphatic heterocycles.